The van der Waals surface area contributed by atoms with Crippen LogP contribution < -0.4 is 15.0 Å². The van der Waals surface area contributed by atoms with E-state index in [0.29, 0.717) is 37.6 Å². The molecule has 0 aromatic heterocycles. The fraction of sp³-hybridized carbons (Fsp3) is 0.381. The molecule has 8 heteroatoms. The molecule has 0 saturated carbocycles. The van der Waals surface area contributed by atoms with Crippen LogP contribution >= 0.6 is 0 Å². The second-order valence-corrected chi connectivity index (χ2v) is 7.17. The zero-order valence-electron chi connectivity index (χ0n) is 16.9. The number of methoxy groups -OCH3 is 1. The van der Waals surface area contributed by atoms with E-state index in [1.54, 1.807) is 19.2 Å². The first kappa shape index (κ1) is 20.6. The topological polar surface area (TPSA) is 88.0 Å². The number of nitro benzene ring substituents is 1. The van der Waals surface area contributed by atoms with Crippen molar-refractivity contribution in [1.82, 2.24) is 4.90 Å². The van der Waals surface area contributed by atoms with Crippen molar-refractivity contribution in [1.29, 1.82) is 0 Å². The summed E-state index contributed by atoms with van der Waals surface area (Å²) in [6.45, 7) is 6.65. The van der Waals surface area contributed by atoms with Crippen molar-refractivity contribution in [2.45, 2.75) is 19.9 Å². The number of anilines is 2. The number of non-ortho nitro benzene ring substituents is 1. The molecule has 1 saturated heterocycles. The van der Waals surface area contributed by atoms with Gasteiger partial charge in [-0.15, -0.1) is 0 Å². The summed E-state index contributed by atoms with van der Waals surface area (Å²) >= 11 is 0. The summed E-state index contributed by atoms with van der Waals surface area (Å²) in [7, 11) is 1.58. The second kappa shape index (κ2) is 8.91. The second-order valence-electron chi connectivity index (χ2n) is 7.17. The maximum absolute atomic E-state index is 12.8. The minimum atomic E-state index is -0.383. The molecule has 2 aromatic rings. The Morgan fingerprint density at radius 1 is 1.17 bits per heavy atom. The quantitative estimate of drug-likeness (QED) is 0.594. The van der Waals surface area contributed by atoms with Crippen LogP contribution in [0.5, 0.6) is 5.75 Å². The summed E-state index contributed by atoms with van der Waals surface area (Å²) in [5.41, 5.74) is 2.63. The van der Waals surface area contributed by atoms with Crippen LogP contribution in [-0.4, -0.2) is 55.1 Å². The number of piperazine rings is 1. The lowest BCUT2D eigenvalue weighted by Crippen LogP contribution is -2.52. The summed E-state index contributed by atoms with van der Waals surface area (Å²) in [5.74, 6) is 0.546. The summed E-state index contributed by atoms with van der Waals surface area (Å²) in [6.07, 6.45) is 0. The SMILES string of the molecule is COc1ccc(C)cc1NC(=O)C(C)N1CCN(c2cccc([N+](=O)[O-])c2)CC1. The average molecular weight is 398 g/mol. The number of benzene rings is 2. The monoisotopic (exact) mass is 398 g/mol. The molecule has 1 heterocycles. The molecule has 1 atom stereocenters. The average Bonchev–Trinajstić information content (AvgIpc) is 2.73. The number of nitrogens with zero attached hydrogens (tertiary/aromatic N) is 3. The Hall–Kier alpha value is -3.13. The number of amides is 1. The lowest BCUT2D eigenvalue weighted by molar-refractivity contribution is -0.384. The molecule has 29 heavy (non-hydrogen) atoms. The van der Waals surface area contributed by atoms with Crippen molar-refractivity contribution in [2.24, 2.45) is 0 Å². The molecular weight excluding hydrogens is 372 g/mol. The van der Waals surface area contributed by atoms with E-state index >= 15 is 0 Å². The number of ether oxygens (including phenoxy) is 1. The molecule has 1 N–H and O–H groups in total. The van der Waals surface area contributed by atoms with Crippen molar-refractivity contribution in [3.8, 4) is 5.75 Å². The van der Waals surface area contributed by atoms with Crippen LogP contribution in [0.3, 0.4) is 0 Å². The Morgan fingerprint density at radius 2 is 1.90 bits per heavy atom. The maximum atomic E-state index is 12.8. The number of rotatable bonds is 6. The molecule has 1 aliphatic heterocycles. The van der Waals surface area contributed by atoms with Crippen LogP contribution in [0.2, 0.25) is 0 Å². The molecule has 1 aliphatic rings. The Bertz CT molecular complexity index is 894. The van der Waals surface area contributed by atoms with Gasteiger partial charge in [-0.05, 0) is 37.6 Å². The van der Waals surface area contributed by atoms with E-state index in [0.717, 1.165) is 11.3 Å². The fourth-order valence-electron chi connectivity index (χ4n) is 3.49. The smallest absolute Gasteiger partial charge is 0.271 e. The standard InChI is InChI=1S/C21H26N4O4/c1-15-7-8-20(29-3)19(13-15)22-21(26)16(2)23-9-11-24(12-10-23)17-5-4-6-18(14-17)25(27)28/h4-8,13-14,16H,9-12H2,1-3H3,(H,22,26). The number of aryl methyl sites for hydroxylation is 1. The maximum Gasteiger partial charge on any atom is 0.271 e. The molecule has 1 fully saturated rings. The number of carbonyl (C=O) groups excluding carboxylic acids is 1. The van der Waals surface area contributed by atoms with Gasteiger partial charge in [0.25, 0.3) is 5.69 Å². The third-order valence-electron chi connectivity index (χ3n) is 5.26. The fourth-order valence-corrected chi connectivity index (χ4v) is 3.49. The Kier molecular flexibility index (Phi) is 6.33. The summed E-state index contributed by atoms with van der Waals surface area (Å²) < 4.78 is 5.33. The Morgan fingerprint density at radius 3 is 2.55 bits per heavy atom. The molecule has 1 amide bonds. The predicted octanol–water partition coefficient (Wildman–Crippen LogP) is 3.06. The van der Waals surface area contributed by atoms with Crippen LogP contribution in [0, 0.1) is 17.0 Å². The molecule has 0 aliphatic carbocycles. The molecular formula is C21H26N4O4. The van der Waals surface area contributed by atoms with Crippen LogP contribution in [0.15, 0.2) is 42.5 Å². The minimum Gasteiger partial charge on any atom is -0.495 e. The largest absolute Gasteiger partial charge is 0.495 e. The number of hydrogen-bond acceptors (Lipinski definition) is 6. The Labute approximate surface area is 170 Å². The van der Waals surface area contributed by atoms with E-state index in [2.05, 4.69) is 15.1 Å². The number of carbonyl (C=O) groups is 1. The van der Waals surface area contributed by atoms with E-state index in [4.69, 9.17) is 4.74 Å². The first-order chi connectivity index (χ1) is 13.9. The highest BCUT2D eigenvalue weighted by molar-refractivity contribution is 5.96. The van der Waals surface area contributed by atoms with Crippen molar-refractivity contribution < 1.29 is 14.5 Å². The molecule has 0 bridgehead atoms. The van der Waals surface area contributed by atoms with E-state index in [1.165, 1.54) is 6.07 Å². The van der Waals surface area contributed by atoms with E-state index in [9.17, 15) is 14.9 Å². The summed E-state index contributed by atoms with van der Waals surface area (Å²) in [6, 6.07) is 12.0. The number of hydrogen-bond donors (Lipinski definition) is 1. The van der Waals surface area contributed by atoms with Crippen molar-refractivity contribution >= 4 is 23.0 Å². The lowest BCUT2D eigenvalue weighted by atomic mass is 10.1. The molecule has 8 nitrogen and oxygen atoms in total. The molecule has 154 valence electrons. The predicted molar refractivity (Wildman–Crippen MR) is 113 cm³/mol. The Balaban J connectivity index is 1.60. The first-order valence-corrected chi connectivity index (χ1v) is 9.58. The molecule has 0 radical (unpaired) electrons. The third-order valence-corrected chi connectivity index (χ3v) is 5.26. The van der Waals surface area contributed by atoms with Gasteiger partial charge in [-0.2, -0.15) is 0 Å². The summed E-state index contributed by atoms with van der Waals surface area (Å²) in [4.78, 5) is 27.6. The molecule has 1 unspecified atom stereocenters. The first-order valence-electron chi connectivity index (χ1n) is 9.58. The van der Waals surface area contributed by atoms with E-state index in [1.807, 2.05) is 38.1 Å². The van der Waals surface area contributed by atoms with Gasteiger partial charge < -0.3 is 15.0 Å². The lowest BCUT2D eigenvalue weighted by Gasteiger charge is -2.38. The number of nitro groups is 1. The van der Waals surface area contributed by atoms with E-state index < -0.39 is 0 Å². The minimum absolute atomic E-state index is 0.0855. The van der Waals surface area contributed by atoms with Gasteiger partial charge in [-0.25, -0.2) is 0 Å². The van der Waals surface area contributed by atoms with Gasteiger partial charge in [0, 0.05) is 44.0 Å². The van der Waals surface area contributed by atoms with Crippen LogP contribution in [0.4, 0.5) is 17.1 Å². The van der Waals surface area contributed by atoms with Gasteiger partial charge in [-0.1, -0.05) is 12.1 Å². The summed E-state index contributed by atoms with van der Waals surface area (Å²) in [5, 5.41) is 14.0. The van der Waals surface area contributed by atoms with Gasteiger partial charge in [0.15, 0.2) is 0 Å². The highest BCUT2D eigenvalue weighted by Gasteiger charge is 2.26. The third kappa shape index (κ3) is 4.83. The molecule has 0 spiro atoms. The van der Waals surface area contributed by atoms with Crippen LogP contribution in [0.1, 0.15) is 12.5 Å². The van der Waals surface area contributed by atoms with Gasteiger partial charge in [0.05, 0.1) is 23.8 Å². The van der Waals surface area contributed by atoms with Crippen molar-refractivity contribution in [2.75, 3.05) is 43.5 Å². The highest BCUT2D eigenvalue weighted by atomic mass is 16.6. The normalized spacial score (nSPS) is 15.6. The van der Waals surface area contributed by atoms with Gasteiger partial charge >= 0.3 is 0 Å². The molecule has 2 aromatic carbocycles. The van der Waals surface area contributed by atoms with Crippen molar-refractivity contribution in [3.05, 3.63) is 58.1 Å². The van der Waals surface area contributed by atoms with Gasteiger partial charge in [0.1, 0.15) is 5.75 Å². The van der Waals surface area contributed by atoms with E-state index in [-0.39, 0.29) is 22.6 Å². The molecule has 3 rings (SSSR count). The van der Waals surface area contributed by atoms with Crippen LogP contribution in [0.25, 0.3) is 0 Å². The van der Waals surface area contributed by atoms with Crippen LogP contribution in [-0.2, 0) is 4.79 Å². The van der Waals surface area contributed by atoms with Crippen molar-refractivity contribution in [3.63, 3.8) is 0 Å². The zero-order chi connectivity index (χ0) is 21.0. The zero-order valence-corrected chi connectivity index (χ0v) is 16.9. The van der Waals surface area contributed by atoms with Gasteiger partial charge in [0.2, 0.25) is 5.91 Å². The highest BCUT2D eigenvalue weighted by Crippen LogP contribution is 2.26. The number of nitrogens with one attached hydrogen (secondary N) is 1. The van der Waals surface area contributed by atoms with Gasteiger partial charge in [-0.3, -0.25) is 19.8 Å².